The lowest BCUT2D eigenvalue weighted by Gasteiger charge is -2.09. The van der Waals surface area contributed by atoms with Crippen LogP contribution in [0.3, 0.4) is 0 Å². The Bertz CT molecular complexity index is 540. The Hall–Kier alpha value is -1.74. The Labute approximate surface area is 104 Å². The number of anilines is 1. The average molecular weight is 252 g/mol. The van der Waals surface area contributed by atoms with Crippen LogP contribution in [0.2, 0.25) is 5.02 Å². The summed E-state index contributed by atoms with van der Waals surface area (Å²) in [5, 5.41) is 0.626. The number of aryl methyl sites for hydroxylation is 1. The van der Waals surface area contributed by atoms with Crippen molar-refractivity contribution in [1.82, 2.24) is 0 Å². The van der Waals surface area contributed by atoms with Crippen molar-refractivity contribution in [2.75, 3.05) is 5.73 Å². The number of hydrogen-bond acceptors (Lipinski definition) is 2. The normalized spacial score (nSPS) is 10.3. The number of ether oxygens (including phenoxy) is 1. The molecule has 2 aromatic rings. The fraction of sp³-hybridized carbons (Fsp3) is 0.0769. The van der Waals surface area contributed by atoms with Crippen molar-refractivity contribution in [1.29, 1.82) is 0 Å². The van der Waals surface area contributed by atoms with Crippen LogP contribution in [0, 0.1) is 12.7 Å². The Morgan fingerprint density at radius 3 is 2.47 bits per heavy atom. The van der Waals surface area contributed by atoms with Gasteiger partial charge in [-0.1, -0.05) is 11.6 Å². The molecule has 2 rings (SSSR count). The van der Waals surface area contributed by atoms with Crippen molar-refractivity contribution >= 4 is 17.3 Å². The van der Waals surface area contributed by atoms with Gasteiger partial charge in [0.15, 0.2) is 5.75 Å². The van der Waals surface area contributed by atoms with Gasteiger partial charge in [-0.2, -0.15) is 0 Å². The fourth-order valence-corrected chi connectivity index (χ4v) is 1.51. The second-order valence-electron chi connectivity index (χ2n) is 3.70. The van der Waals surface area contributed by atoms with Crippen LogP contribution < -0.4 is 10.5 Å². The van der Waals surface area contributed by atoms with E-state index in [-0.39, 0.29) is 11.5 Å². The molecule has 0 spiro atoms. The molecule has 0 atom stereocenters. The SMILES string of the molecule is Cc1cc(Oc2ccc(Cl)cc2)c(N)cc1F. The standard InChI is InChI=1S/C13H11ClFNO/c1-8-6-13(12(16)7-11(8)15)17-10-4-2-9(14)3-5-10/h2-7H,16H2,1H3. The average Bonchev–Trinajstić information content (AvgIpc) is 2.29. The Balaban J connectivity index is 2.30. The van der Waals surface area contributed by atoms with Crippen LogP contribution in [0.15, 0.2) is 36.4 Å². The van der Waals surface area contributed by atoms with Gasteiger partial charge in [-0.05, 0) is 42.8 Å². The molecule has 2 nitrogen and oxygen atoms in total. The quantitative estimate of drug-likeness (QED) is 0.814. The topological polar surface area (TPSA) is 35.2 Å². The summed E-state index contributed by atoms with van der Waals surface area (Å²) in [6.07, 6.45) is 0. The van der Waals surface area contributed by atoms with E-state index in [1.165, 1.54) is 6.07 Å². The maximum absolute atomic E-state index is 13.2. The molecule has 0 aromatic heterocycles. The molecule has 2 N–H and O–H groups in total. The molecule has 0 unspecified atom stereocenters. The fourth-order valence-electron chi connectivity index (χ4n) is 1.39. The van der Waals surface area contributed by atoms with Gasteiger partial charge in [-0.3, -0.25) is 0 Å². The minimum absolute atomic E-state index is 0.267. The zero-order valence-electron chi connectivity index (χ0n) is 9.21. The molecular formula is C13H11ClFNO. The van der Waals surface area contributed by atoms with Crippen molar-refractivity contribution in [2.24, 2.45) is 0 Å². The lowest BCUT2D eigenvalue weighted by Crippen LogP contribution is -1.95. The van der Waals surface area contributed by atoms with Gasteiger partial charge in [0.1, 0.15) is 11.6 Å². The molecule has 0 fully saturated rings. The maximum Gasteiger partial charge on any atom is 0.150 e. The lowest BCUT2D eigenvalue weighted by atomic mass is 10.2. The largest absolute Gasteiger partial charge is 0.455 e. The molecule has 0 aliphatic heterocycles. The van der Waals surface area contributed by atoms with Gasteiger partial charge in [0.2, 0.25) is 0 Å². The van der Waals surface area contributed by atoms with Crippen molar-refractivity contribution < 1.29 is 9.13 Å². The lowest BCUT2D eigenvalue weighted by molar-refractivity contribution is 0.482. The zero-order chi connectivity index (χ0) is 12.4. The highest BCUT2D eigenvalue weighted by Gasteiger charge is 2.06. The van der Waals surface area contributed by atoms with Gasteiger partial charge in [0.25, 0.3) is 0 Å². The first-order valence-electron chi connectivity index (χ1n) is 5.05. The Morgan fingerprint density at radius 1 is 1.18 bits per heavy atom. The highest BCUT2D eigenvalue weighted by Crippen LogP contribution is 2.30. The molecule has 2 aromatic carbocycles. The summed E-state index contributed by atoms with van der Waals surface area (Å²) >= 11 is 5.76. The van der Waals surface area contributed by atoms with Gasteiger partial charge in [0, 0.05) is 11.1 Å². The molecule has 0 heterocycles. The first-order valence-corrected chi connectivity index (χ1v) is 5.43. The highest BCUT2D eigenvalue weighted by molar-refractivity contribution is 6.30. The third-order valence-electron chi connectivity index (χ3n) is 2.33. The van der Waals surface area contributed by atoms with Gasteiger partial charge in [-0.15, -0.1) is 0 Å². The minimum Gasteiger partial charge on any atom is -0.455 e. The predicted molar refractivity (Wildman–Crippen MR) is 67.1 cm³/mol. The summed E-state index contributed by atoms with van der Waals surface area (Å²) in [7, 11) is 0. The summed E-state index contributed by atoms with van der Waals surface area (Å²) in [5.41, 5.74) is 6.43. The van der Waals surface area contributed by atoms with E-state index in [2.05, 4.69) is 0 Å². The van der Waals surface area contributed by atoms with E-state index in [1.807, 2.05) is 0 Å². The number of nitrogen functional groups attached to an aromatic ring is 1. The van der Waals surface area contributed by atoms with Crippen LogP contribution in [0.5, 0.6) is 11.5 Å². The second-order valence-corrected chi connectivity index (χ2v) is 4.13. The van der Waals surface area contributed by atoms with E-state index in [4.69, 9.17) is 22.1 Å². The van der Waals surface area contributed by atoms with Crippen molar-refractivity contribution in [2.45, 2.75) is 6.92 Å². The van der Waals surface area contributed by atoms with Crippen LogP contribution in [0.1, 0.15) is 5.56 Å². The van der Waals surface area contributed by atoms with E-state index in [0.29, 0.717) is 22.1 Å². The molecule has 0 bridgehead atoms. The first-order chi connectivity index (χ1) is 8.06. The molecule has 0 saturated carbocycles. The van der Waals surface area contributed by atoms with Crippen LogP contribution in [-0.4, -0.2) is 0 Å². The monoisotopic (exact) mass is 251 g/mol. The van der Waals surface area contributed by atoms with Gasteiger partial charge in [-0.25, -0.2) is 4.39 Å². The zero-order valence-corrected chi connectivity index (χ0v) is 9.96. The maximum atomic E-state index is 13.2. The molecule has 4 heteroatoms. The van der Waals surface area contributed by atoms with Crippen LogP contribution in [0.4, 0.5) is 10.1 Å². The Kier molecular flexibility index (Phi) is 3.20. The van der Waals surface area contributed by atoms with Crippen molar-refractivity contribution in [3.8, 4) is 11.5 Å². The molecule has 0 aliphatic carbocycles. The van der Waals surface area contributed by atoms with Crippen molar-refractivity contribution in [3.63, 3.8) is 0 Å². The number of nitrogens with two attached hydrogens (primary N) is 1. The summed E-state index contributed by atoms with van der Waals surface area (Å²) in [4.78, 5) is 0. The van der Waals surface area contributed by atoms with E-state index in [9.17, 15) is 4.39 Å². The summed E-state index contributed by atoms with van der Waals surface area (Å²) in [5.74, 6) is 0.698. The number of rotatable bonds is 2. The highest BCUT2D eigenvalue weighted by atomic mass is 35.5. The first kappa shape index (κ1) is 11.7. The van der Waals surface area contributed by atoms with E-state index in [0.717, 1.165) is 0 Å². The van der Waals surface area contributed by atoms with E-state index in [1.54, 1.807) is 37.3 Å². The van der Waals surface area contributed by atoms with Crippen LogP contribution in [0.25, 0.3) is 0 Å². The number of benzene rings is 2. The second kappa shape index (κ2) is 4.63. The molecule has 0 saturated heterocycles. The van der Waals surface area contributed by atoms with E-state index >= 15 is 0 Å². The number of halogens is 2. The molecule has 0 aliphatic rings. The molecule has 88 valence electrons. The van der Waals surface area contributed by atoms with Crippen molar-refractivity contribution in [3.05, 3.63) is 52.8 Å². The number of hydrogen-bond donors (Lipinski definition) is 1. The smallest absolute Gasteiger partial charge is 0.150 e. The predicted octanol–water partition coefficient (Wildman–Crippen LogP) is 4.16. The molecule has 0 amide bonds. The molecule has 17 heavy (non-hydrogen) atoms. The van der Waals surface area contributed by atoms with E-state index < -0.39 is 0 Å². The Morgan fingerprint density at radius 2 is 1.82 bits per heavy atom. The molecule has 0 radical (unpaired) electrons. The summed E-state index contributed by atoms with van der Waals surface area (Å²) in [6, 6.07) is 9.69. The minimum atomic E-state index is -0.342. The van der Waals surface area contributed by atoms with Crippen LogP contribution >= 0.6 is 11.6 Å². The van der Waals surface area contributed by atoms with Crippen LogP contribution in [-0.2, 0) is 0 Å². The van der Waals surface area contributed by atoms with Gasteiger partial charge < -0.3 is 10.5 Å². The molecular weight excluding hydrogens is 241 g/mol. The third kappa shape index (κ3) is 2.68. The summed E-state index contributed by atoms with van der Waals surface area (Å²) in [6.45, 7) is 1.66. The van der Waals surface area contributed by atoms with Gasteiger partial charge >= 0.3 is 0 Å². The van der Waals surface area contributed by atoms with Gasteiger partial charge in [0.05, 0.1) is 5.69 Å². The third-order valence-corrected chi connectivity index (χ3v) is 2.58. The summed E-state index contributed by atoms with van der Waals surface area (Å²) < 4.78 is 18.7.